The molecule has 1 aliphatic heterocycles. The van der Waals surface area contributed by atoms with Crippen LogP contribution in [0.1, 0.15) is 119 Å². The Morgan fingerprint density at radius 2 is 1.04 bits per heavy atom. The van der Waals surface area contributed by atoms with Crippen molar-refractivity contribution in [2.75, 3.05) is 9.80 Å². The maximum atomic E-state index is 7.15. The van der Waals surface area contributed by atoms with E-state index in [4.69, 9.17) is 9.72 Å². The molecule has 0 N–H and O–H groups in total. The molecule has 5 nitrogen and oxygen atoms in total. The Morgan fingerprint density at radius 3 is 1.65 bits per heavy atom. The molecule has 0 saturated carbocycles. The molecule has 3 heterocycles. The third kappa shape index (κ3) is 10.5. The monoisotopic (exact) mass is 1170 g/mol. The SMILES string of the molecule is CC(C)(C)C1=C(C(C)(C)C)N(c2cc(-c3ccccc3)cc(C(C)(C)C)c2)[CH-]N1c1[c-]c(Oc2[c-]c3c(cc2)c2cc(-c4ccccc4)ccc2n3-c2cc(C(C)(C)C)ccn2)cc(C(C)(C)c2ccccc2)c1.[Pt]. The van der Waals surface area contributed by atoms with Gasteiger partial charge in [-0.05, 0) is 90.9 Å². The topological polar surface area (TPSA) is 33.5 Å². The number of rotatable bonds is 9. The van der Waals surface area contributed by atoms with Gasteiger partial charge in [0, 0.05) is 72.2 Å². The number of anilines is 2. The molecule has 9 aromatic rings. The zero-order valence-corrected chi connectivity index (χ0v) is 48.5. The Hall–Kier alpha value is -6.68. The number of hydrogen-bond donors (Lipinski definition) is 0. The Labute approximate surface area is 461 Å². The first-order valence-electron chi connectivity index (χ1n) is 26.2. The van der Waals surface area contributed by atoms with Crippen LogP contribution in [-0.4, -0.2) is 9.55 Å². The molecule has 10 rings (SSSR count). The van der Waals surface area contributed by atoms with Gasteiger partial charge in [0.1, 0.15) is 5.82 Å². The molecule has 2 aromatic heterocycles. The molecule has 6 heteroatoms. The van der Waals surface area contributed by atoms with Crippen molar-refractivity contribution in [2.45, 2.75) is 113 Å². The van der Waals surface area contributed by atoms with Crippen LogP contribution in [0.4, 0.5) is 11.4 Å². The maximum absolute atomic E-state index is 7.15. The molecule has 75 heavy (non-hydrogen) atoms. The number of fused-ring (bicyclic) bond motifs is 3. The average molecular weight is 1170 g/mol. The van der Waals surface area contributed by atoms with Crippen molar-refractivity contribution < 1.29 is 25.8 Å². The number of pyridine rings is 1. The summed E-state index contributed by atoms with van der Waals surface area (Å²) in [5, 5.41) is 2.20. The summed E-state index contributed by atoms with van der Waals surface area (Å²) in [5.41, 5.74) is 14.9. The third-order valence-corrected chi connectivity index (χ3v) is 14.7. The predicted molar refractivity (Wildman–Crippen MR) is 311 cm³/mol. The summed E-state index contributed by atoms with van der Waals surface area (Å²) in [6.07, 6.45) is 1.92. The van der Waals surface area contributed by atoms with Crippen LogP contribution in [0.3, 0.4) is 0 Å². The number of aromatic nitrogens is 2. The maximum Gasteiger partial charge on any atom is 0.135 e. The van der Waals surface area contributed by atoms with Crippen molar-refractivity contribution in [2.24, 2.45) is 10.8 Å². The molecule has 0 aliphatic carbocycles. The van der Waals surface area contributed by atoms with Crippen LogP contribution in [0.2, 0.25) is 0 Å². The number of benzene rings is 7. The minimum Gasteiger partial charge on any atom is -0.509 e. The van der Waals surface area contributed by atoms with E-state index >= 15 is 0 Å². The van der Waals surface area contributed by atoms with E-state index in [0.29, 0.717) is 11.5 Å². The fourth-order valence-corrected chi connectivity index (χ4v) is 10.5. The second-order valence-electron chi connectivity index (χ2n) is 24.8. The van der Waals surface area contributed by atoms with Gasteiger partial charge in [0.2, 0.25) is 0 Å². The molecule has 386 valence electrons. The Kier molecular flexibility index (Phi) is 14.0. The van der Waals surface area contributed by atoms with Crippen LogP contribution in [0, 0.1) is 29.6 Å². The van der Waals surface area contributed by atoms with Crippen LogP contribution in [-0.2, 0) is 37.3 Å². The summed E-state index contributed by atoms with van der Waals surface area (Å²) < 4.78 is 9.39. The predicted octanol–water partition coefficient (Wildman–Crippen LogP) is 18.6. The normalized spacial score (nSPS) is 13.7. The van der Waals surface area contributed by atoms with Gasteiger partial charge in [-0.2, -0.15) is 6.07 Å². The zero-order chi connectivity index (χ0) is 52.5. The molecular weight excluding hydrogens is 1100 g/mol. The van der Waals surface area contributed by atoms with Crippen LogP contribution < -0.4 is 14.5 Å². The van der Waals surface area contributed by atoms with Gasteiger partial charge in [-0.25, -0.2) is 4.98 Å². The molecule has 0 atom stereocenters. The molecule has 7 aromatic carbocycles. The van der Waals surface area contributed by atoms with E-state index in [1.54, 1.807) is 0 Å². The quantitative estimate of drug-likeness (QED) is 0.135. The van der Waals surface area contributed by atoms with Crippen LogP contribution in [0.5, 0.6) is 11.5 Å². The van der Waals surface area contributed by atoms with Crippen molar-refractivity contribution in [3.8, 4) is 39.6 Å². The molecule has 0 fully saturated rings. The summed E-state index contributed by atoms with van der Waals surface area (Å²) in [6, 6.07) is 66.6. The molecule has 1 aliphatic rings. The van der Waals surface area contributed by atoms with Gasteiger partial charge in [0.15, 0.2) is 0 Å². The van der Waals surface area contributed by atoms with E-state index in [9.17, 15) is 0 Å². The standard InChI is InChI=1S/C69H71N4O.Pt/c1-65(2,3)51-34-35-70-62(42-51)73-60-33-30-48(46-24-18-15-19-25-46)38-59(60)58-32-31-56(44-61(58)73)74-57-41-53(69(13,14)50-28-22-17-23-29-50)40-55(43-57)72-45-71(63(67(7,8)9)64(72)68(10,11)12)54-37-49(47-26-20-16-21-27-47)36-52(39-54)66(4,5)6;/h15-42,45H,1-14H3;/q-3;. The minimum absolute atomic E-state index is 0. The molecular formula is C69H71N4OPt-3. The van der Waals surface area contributed by atoms with E-state index in [1.807, 2.05) is 6.20 Å². The first-order valence-corrected chi connectivity index (χ1v) is 26.2. The van der Waals surface area contributed by atoms with Crippen molar-refractivity contribution in [3.05, 3.63) is 222 Å². The van der Waals surface area contributed by atoms with Gasteiger partial charge < -0.3 is 19.1 Å². The average Bonchev–Trinajstić information content (AvgIpc) is 3.95. The van der Waals surface area contributed by atoms with Crippen molar-refractivity contribution in [3.63, 3.8) is 0 Å². The Balaban J connectivity index is 0.00000689. The second kappa shape index (κ2) is 19.8. The number of nitrogens with zero attached hydrogens (tertiary/aromatic N) is 4. The van der Waals surface area contributed by atoms with E-state index < -0.39 is 5.41 Å². The molecule has 0 radical (unpaired) electrons. The fourth-order valence-electron chi connectivity index (χ4n) is 10.5. The van der Waals surface area contributed by atoms with Crippen LogP contribution in [0.25, 0.3) is 49.9 Å². The summed E-state index contributed by atoms with van der Waals surface area (Å²) >= 11 is 0. The molecule has 0 saturated heterocycles. The molecule has 0 unspecified atom stereocenters. The van der Waals surface area contributed by atoms with Crippen LogP contribution >= 0.6 is 0 Å². The van der Waals surface area contributed by atoms with Gasteiger partial charge in [-0.1, -0.05) is 212 Å². The summed E-state index contributed by atoms with van der Waals surface area (Å²) in [6.45, 7) is 34.5. The summed E-state index contributed by atoms with van der Waals surface area (Å²) in [7, 11) is 0. The second-order valence-corrected chi connectivity index (χ2v) is 24.8. The van der Waals surface area contributed by atoms with E-state index in [-0.39, 0.29) is 42.7 Å². The van der Waals surface area contributed by atoms with Crippen molar-refractivity contribution in [1.82, 2.24) is 9.55 Å². The van der Waals surface area contributed by atoms with E-state index in [2.05, 4.69) is 294 Å². The molecule has 0 bridgehead atoms. The van der Waals surface area contributed by atoms with Gasteiger partial charge in [-0.15, -0.1) is 53.6 Å². The third-order valence-electron chi connectivity index (χ3n) is 14.7. The zero-order valence-electron chi connectivity index (χ0n) is 46.3. The summed E-state index contributed by atoms with van der Waals surface area (Å²) in [4.78, 5) is 9.83. The van der Waals surface area contributed by atoms with Crippen LogP contribution in [0.15, 0.2) is 181 Å². The molecule has 0 amide bonds. The van der Waals surface area contributed by atoms with E-state index in [1.165, 1.54) is 44.8 Å². The van der Waals surface area contributed by atoms with Crippen molar-refractivity contribution >= 4 is 33.2 Å². The minimum atomic E-state index is -0.396. The largest absolute Gasteiger partial charge is 0.509 e. The van der Waals surface area contributed by atoms with Crippen molar-refractivity contribution in [1.29, 1.82) is 0 Å². The van der Waals surface area contributed by atoms with Gasteiger partial charge in [-0.3, -0.25) is 0 Å². The fraction of sp³-hybridized carbons (Fsp3) is 0.275. The van der Waals surface area contributed by atoms with E-state index in [0.717, 1.165) is 50.1 Å². The number of allylic oxidation sites excluding steroid dienone is 2. The Bertz CT molecular complexity index is 3560. The first-order chi connectivity index (χ1) is 34.9. The number of hydrogen-bond acceptors (Lipinski definition) is 4. The Morgan fingerprint density at radius 1 is 0.440 bits per heavy atom. The summed E-state index contributed by atoms with van der Waals surface area (Å²) in [5.74, 6) is 2.04. The van der Waals surface area contributed by atoms with Gasteiger partial charge >= 0.3 is 0 Å². The number of ether oxygens (including phenoxy) is 1. The van der Waals surface area contributed by atoms with Gasteiger partial charge in [0.05, 0.1) is 0 Å². The first kappa shape index (κ1) is 53.2. The molecule has 0 spiro atoms. The smallest absolute Gasteiger partial charge is 0.135 e. The van der Waals surface area contributed by atoms with Gasteiger partial charge in [0.25, 0.3) is 0 Å².